The van der Waals surface area contributed by atoms with Crippen molar-refractivity contribution in [1.82, 2.24) is 15.2 Å². The van der Waals surface area contributed by atoms with Crippen LogP contribution in [0.2, 0.25) is 0 Å². The molecule has 7 nitrogen and oxygen atoms in total. The van der Waals surface area contributed by atoms with Gasteiger partial charge >= 0.3 is 5.97 Å². The highest BCUT2D eigenvalue weighted by Gasteiger charge is 2.29. The van der Waals surface area contributed by atoms with Crippen LogP contribution in [-0.4, -0.2) is 52.9 Å². The van der Waals surface area contributed by atoms with Gasteiger partial charge in [-0.15, -0.1) is 12.4 Å². The van der Waals surface area contributed by atoms with Crippen LogP contribution in [0.3, 0.4) is 0 Å². The summed E-state index contributed by atoms with van der Waals surface area (Å²) < 4.78 is 0. The van der Waals surface area contributed by atoms with Gasteiger partial charge in [-0.2, -0.15) is 0 Å². The normalized spacial score (nSPS) is 16.9. The molecular formula is C15H18ClN3O4. The van der Waals surface area contributed by atoms with Crippen LogP contribution in [0.5, 0.6) is 0 Å². The summed E-state index contributed by atoms with van der Waals surface area (Å²) in [6.45, 7) is 0.672. The molecular weight excluding hydrogens is 322 g/mol. The third-order valence-electron chi connectivity index (χ3n) is 3.52. The van der Waals surface area contributed by atoms with E-state index in [4.69, 9.17) is 5.11 Å². The number of carbonyl (C=O) groups excluding carboxylic acids is 2. The molecule has 23 heavy (non-hydrogen) atoms. The van der Waals surface area contributed by atoms with Gasteiger partial charge in [-0.25, -0.2) is 0 Å². The van der Waals surface area contributed by atoms with Gasteiger partial charge in [0.05, 0.1) is 11.5 Å². The Morgan fingerprint density at radius 1 is 1.39 bits per heavy atom. The van der Waals surface area contributed by atoms with Crippen molar-refractivity contribution in [2.75, 3.05) is 20.1 Å². The number of carboxylic acid groups (broad SMARTS) is 1. The van der Waals surface area contributed by atoms with Crippen molar-refractivity contribution in [2.24, 2.45) is 5.92 Å². The lowest BCUT2D eigenvalue weighted by atomic mass is 10.1. The molecule has 0 saturated carbocycles. The van der Waals surface area contributed by atoms with Crippen molar-refractivity contribution in [2.45, 2.75) is 6.42 Å². The Balaban J connectivity index is 0.00000264. The van der Waals surface area contributed by atoms with Gasteiger partial charge in [0, 0.05) is 38.6 Å². The van der Waals surface area contributed by atoms with Crippen LogP contribution in [0, 0.1) is 5.92 Å². The first kappa shape index (κ1) is 18.6. The molecule has 1 unspecified atom stereocenters. The van der Waals surface area contributed by atoms with E-state index in [1.807, 2.05) is 0 Å². The monoisotopic (exact) mass is 339 g/mol. The molecule has 0 aromatic carbocycles. The average Bonchev–Trinajstić information content (AvgIpc) is 3.02. The minimum atomic E-state index is -0.873. The Hall–Kier alpha value is -2.41. The molecule has 1 aromatic rings. The summed E-state index contributed by atoms with van der Waals surface area (Å²) in [6.07, 6.45) is 6.39. The molecule has 0 radical (unpaired) electrons. The number of aromatic nitrogens is 1. The van der Waals surface area contributed by atoms with E-state index in [1.165, 1.54) is 24.2 Å². The third kappa shape index (κ3) is 4.79. The number of carboxylic acids is 1. The maximum absolute atomic E-state index is 12.0. The maximum Gasteiger partial charge on any atom is 0.308 e. The Bertz CT molecular complexity index is 633. The summed E-state index contributed by atoms with van der Waals surface area (Å²) in [6, 6.07) is 1.62. The minimum absolute atomic E-state index is 0. The fourth-order valence-electron chi connectivity index (χ4n) is 2.25. The molecule has 0 bridgehead atoms. The number of halogens is 1. The number of hydrogen-bond acceptors (Lipinski definition) is 4. The zero-order valence-electron chi connectivity index (χ0n) is 12.6. The molecule has 1 fully saturated rings. The van der Waals surface area contributed by atoms with Crippen LogP contribution in [0.4, 0.5) is 0 Å². The number of hydrogen-bond donors (Lipinski definition) is 2. The van der Waals surface area contributed by atoms with Crippen molar-refractivity contribution in [3.63, 3.8) is 0 Å². The van der Waals surface area contributed by atoms with Crippen LogP contribution in [-0.2, 0) is 9.59 Å². The smallest absolute Gasteiger partial charge is 0.308 e. The van der Waals surface area contributed by atoms with Crippen molar-refractivity contribution in [1.29, 1.82) is 0 Å². The second kappa shape index (κ2) is 8.28. The summed E-state index contributed by atoms with van der Waals surface area (Å²) in [7, 11) is 1.53. The topological polar surface area (TPSA) is 99.6 Å². The van der Waals surface area contributed by atoms with Crippen LogP contribution >= 0.6 is 12.4 Å². The van der Waals surface area contributed by atoms with Gasteiger partial charge in [-0.1, -0.05) is 0 Å². The first-order valence-electron chi connectivity index (χ1n) is 6.88. The highest BCUT2D eigenvalue weighted by Crippen LogP contribution is 2.17. The fraction of sp³-hybridized carbons (Fsp3) is 0.333. The molecule has 124 valence electrons. The number of nitrogens with zero attached hydrogens (tertiary/aromatic N) is 2. The Kier molecular flexibility index (Phi) is 6.71. The second-order valence-corrected chi connectivity index (χ2v) is 5.03. The average molecular weight is 340 g/mol. The van der Waals surface area contributed by atoms with Crippen LogP contribution < -0.4 is 5.32 Å². The van der Waals surface area contributed by atoms with Gasteiger partial charge in [0.1, 0.15) is 0 Å². The lowest BCUT2D eigenvalue weighted by Crippen LogP contribution is -2.28. The van der Waals surface area contributed by atoms with Crippen LogP contribution in [0.15, 0.2) is 24.5 Å². The van der Waals surface area contributed by atoms with Crippen molar-refractivity contribution in [3.8, 4) is 0 Å². The van der Waals surface area contributed by atoms with Gasteiger partial charge in [0.2, 0.25) is 5.91 Å². The predicted octanol–water partition coefficient (Wildman–Crippen LogP) is 0.809. The third-order valence-corrected chi connectivity index (χ3v) is 3.52. The molecule has 1 atom stereocenters. The van der Waals surface area contributed by atoms with E-state index in [-0.39, 0.29) is 30.8 Å². The largest absolute Gasteiger partial charge is 0.481 e. The van der Waals surface area contributed by atoms with Gasteiger partial charge in [0.25, 0.3) is 5.91 Å². The first-order valence-corrected chi connectivity index (χ1v) is 6.88. The molecule has 1 aromatic heterocycles. The summed E-state index contributed by atoms with van der Waals surface area (Å²) in [5.41, 5.74) is 1.03. The zero-order chi connectivity index (χ0) is 16.1. The van der Waals surface area contributed by atoms with E-state index in [9.17, 15) is 14.4 Å². The van der Waals surface area contributed by atoms with Crippen molar-refractivity contribution >= 4 is 36.3 Å². The van der Waals surface area contributed by atoms with Crippen molar-refractivity contribution in [3.05, 3.63) is 35.7 Å². The number of aliphatic carboxylic acids is 1. The number of pyridine rings is 1. The van der Waals surface area contributed by atoms with Gasteiger partial charge < -0.3 is 15.3 Å². The lowest BCUT2D eigenvalue weighted by molar-refractivity contribution is -0.141. The Morgan fingerprint density at radius 3 is 2.74 bits per heavy atom. The number of carbonyl (C=O) groups is 3. The number of nitrogens with one attached hydrogen (secondary N) is 1. The molecule has 1 aliphatic heterocycles. The number of likely N-dealkylation sites (tertiary alicyclic amines) is 1. The molecule has 2 amide bonds. The Labute approximate surface area is 139 Å². The molecule has 8 heteroatoms. The van der Waals surface area contributed by atoms with E-state index in [0.29, 0.717) is 24.1 Å². The molecule has 0 aliphatic carbocycles. The molecule has 1 aliphatic rings. The predicted molar refractivity (Wildman–Crippen MR) is 86.2 cm³/mol. The Morgan fingerprint density at radius 2 is 2.13 bits per heavy atom. The van der Waals surface area contributed by atoms with E-state index in [1.54, 1.807) is 18.3 Å². The molecule has 0 spiro atoms. The molecule has 2 rings (SSSR count). The summed E-state index contributed by atoms with van der Waals surface area (Å²) in [5, 5.41) is 11.4. The van der Waals surface area contributed by atoms with E-state index in [2.05, 4.69) is 10.3 Å². The van der Waals surface area contributed by atoms with E-state index >= 15 is 0 Å². The minimum Gasteiger partial charge on any atom is -0.481 e. The zero-order valence-corrected chi connectivity index (χ0v) is 13.4. The van der Waals surface area contributed by atoms with Gasteiger partial charge in [-0.05, 0) is 24.1 Å². The summed E-state index contributed by atoms with van der Waals surface area (Å²) in [5.74, 6) is -1.86. The van der Waals surface area contributed by atoms with Gasteiger partial charge in [-0.3, -0.25) is 19.4 Å². The summed E-state index contributed by atoms with van der Waals surface area (Å²) >= 11 is 0. The fourth-order valence-corrected chi connectivity index (χ4v) is 2.25. The standard InChI is InChI=1S/C15H17N3O4.ClH/c1-16-14(20)12-6-10(7-17-8-12)2-3-13(19)18-5-4-11(9-18)15(21)22;/h2-3,6-8,11H,4-5,9H2,1H3,(H,16,20)(H,21,22);1H/b3-2+;. The number of rotatable bonds is 4. The quantitative estimate of drug-likeness (QED) is 0.791. The lowest BCUT2D eigenvalue weighted by Gasteiger charge is -2.12. The first-order chi connectivity index (χ1) is 10.5. The van der Waals surface area contributed by atoms with Crippen LogP contribution in [0.25, 0.3) is 6.08 Å². The molecule has 2 heterocycles. The van der Waals surface area contributed by atoms with Gasteiger partial charge in [0.15, 0.2) is 0 Å². The highest BCUT2D eigenvalue weighted by atomic mass is 35.5. The van der Waals surface area contributed by atoms with Crippen molar-refractivity contribution < 1.29 is 19.5 Å². The molecule has 1 saturated heterocycles. The molecule has 2 N–H and O–H groups in total. The summed E-state index contributed by atoms with van der Waals surface area (Å²) in [4.78, 5) is 39.8. The highest BCUT2D eigenvalue weighted by molar-refractivity contribution is 5.95. The van der Waals surface area contributed by atoms with E-state index in [0.717, 1.165) is 0 Å². The van der Waals surface area contributed by atoms with Crippen LogP contribution in [0.1, 0.15) is 22.3 Å². The SMILES string of the molecule is CNC(=O)c1cncc(/C=C/C(=O)N2CCC(C(=O)O)C2)c1.Cl. The second-order valence-electron chi connectivity index (χ2n) is 5.03. The number of amides is 2. The van der Waals surface area contributed by atoms with E-state index < -0.39 is 11.9 Å². The maximum atomic E-state index is 12.0.